The fourth-order valence-electron chi connectivity index (χ4n) is 5.56. The lowest BCUT2D eigenvalue weighted by Gasteiger charge is -2.23. The quantitative estimate of drug-likeness (QED) is 0.340. The normalized spacial score (nSPS) is 17.0. The molecule has 2 aromatic carbocycles. The second-order valence-corrected chi connectivity index (χ2v) is 9.57. The Morgan fingerprint density at radius 3 is 2.06 bits per heavy atom. The highest BCUT2D eigenvalue weighted by Crippen LogP contribution is 2.39. The molecule has 0 amide bonds. The van der Waals surface area contributed by atoms with Crippen molar-refractivity contribution in [2.24, 2.45) is 0 Å². The summed E-state index contributed by atoms with van der Waals surface area (Å²) >= 11 is 0. The third-order valence-corrected chi connectivity index (χ3v) is 7.28. The third kappa shape index (κ3) is 4.04. The Bertz CT molecular complexity index is 1190. The smallest absolute Gasteiger partial charge is 0.227 e. The van der Waals surface area contributed by atoms with E-state index in [4.69, 9.17) is 14.8 Å². The number of hydrogen-bond acceptors (Lipinski definition) is 4. The van der Waals surface area contributed by atoms with Crippen LogP contribution in [-0.2, 0) is 0 Å². The van der Waals surface area contributed by atoms with E-state index in [1.165, 1.54) is 43.2 Å². The van der Waals surface area contributed by atoms with Crippen LogP contribution in [0, 0.1) is 0 Å². The fourth-order valence-corrected chi connectivity index (χ4v) is 5.56. The maximum Gasteiger partial charge on any atom is 0.227 e. The maximum atomic E-state index is 6.58. The Kier molecular flexibility index (Phi) is 5.92. The summed E-state index contributed by atoms with van der Waals surface area (Å²) in [6.07, 6.45) is 10.6. The lowest BCUT2D eigenvalue weighted by molar-refractivity contribution is 0.151. The average Bonchev–Trinajstić information content (AvgIpc) is 3.56. The van der Waals surface area contributed by atoms with Crippen molar-refractivity contribution in [2.75, 3.05) is 18.0 Å². The van der Waals surface area contributed by atoms with Gasteiger partial charge < -0.3 is 9.64 Å². The topological polar surface area (TPSA) is 43.2 Å². The third-order valence-electron chi connectivity index (χ3n) is 7.28. The molecule has 5 heteroatoms. The summed E-state index contributed by atoms with van der Waals surface area (Å²) < 4.78 is 8.78. The van der Waals surface area contributed by atoms with Gasteiger partial charge in [0.15, 0.2) is 5.82 Å². The van der Waals surface area contributed by atoms with E-state index in [1.54, 1.807) is 0 Å². The number of anilines is 1. The zero-order chi connectivity index (χ0) is 22.7. The number of rotatable bonds is 6. The second kappa shape index (κ2) is 9.49. The minimum absolute atomic E-state index is 0.0221. The summed E-state index contributed by atoms with van der Waals surface area (Å²) in [6.45, 7) is 2.07. The van der Waals surface area contributed by atoms with Crippen molar-refractivity contribution in [2.45, 2.75) is 57.1 Å². The molecule has 0 unspecified atom stereocenters. The Hall–Kier alpha value is -3.34. The molecule has 0 radical (unpaired) electrons. The molecule has 4 aromatic rings. The molecule has 0 spiro atoms. The number of benzene rings is 2. The van der Waals surface area contributed by atoms with Gasteiger partial charge in [-0.2, -0.15) is 5.10 Å². The monoisotopic (exact) mass is 452 g/mol. The van der Waals surface area contributed by atoms with Crippen LogP contribution >= 0.6 is 0 Å². The lowest BCUT2D eigenvalue weighted by atomic mass is 9.98. The van der Waals surface area contributed by atoms with Crippen molar-refractivity contribution >= 4 is 16.7 Å². The van der Waals surface area contributed by atoms with Crippen molar-refractivity contribution in [3.8, 4) is 5.88 Å². The highest BCUT2D eigenvalue weighted by atomic mass is 16.5. The molecule has 2 aliphatic rings. The van der Waals surface area contributed by atoms with E-state index in [0.29, 0.717) is 0 Å². The van der Waals surface area contributed by atoms with Crippen LogP contribution < -0.4 is 9.64 Å². The Labute approximate surface area is 201 Å². The van der Waals surface area contributed by atoms with Gasteiger partial charge >= 0.3 is 0 Å². The molecule has 6 rings (SSSR count). The SMILES string of the molecule is c1ccc(C(c2ccccc2)n2nc(N3CCCC3)c3c(OC4CCCCC4)nccc32)cc1. The van der Waals surface area contributed by atoms with Crippen LogP contribution in [0.1, 0.15) is 62.1 Å². The average molecular weight is 453 g/mol. The van der Waals surface area contributed by atoms with Gasteiger partial charge in [0.1, 0.15) is 17.5 Å². The molecule has 0 atom stereocenters. The summed E-state index contributed by atoms with van der Waals surface area (Å²) in [5.41, 5.74) is 3.52. The van der Waals surface area contributed by atoms with Gasteiger partial charge in [-0.25, -0.2) is 4.98 Å². The van der Waals surface area contributed by atoms with E-state index in [-0.39, 0.29) is 12.1 Å². The zero-order valence-corrected chi connectivity index (χ0v) is 19.6. The van der Waals surface area contributed by atoms with Crippen LogP contribution in [0.4, 0.5) is 5.82 Å². The van der Waals surface area contributed by atoms with E-state index >= 15 is 0 Å². The van der Waals surface area contributed by atoms with E-state index in [0.717, 1.165) is 48.5 Å². The summed E-state index contributed by atoms with van der Waals surface area (Å²) in [6, 6.07) is 23.4. The fraction of sp³-hybridized carbons (Fsp3) is 0.379. The Balaban J connectivity index is 1.53. The van der Waals surface area contributed by atoms with Crippen molar-refractivity contribution in [3.63, 3.8) is 0 Å². The van der Waals surface area contributed by atoms with E-state index < -0.39 is 0 Å². The standard InChI is InChI=1S/C29H32N4O/c1-4-12-22(13-5-1)27(23-14-6-2-7-15-23)33-25-18-19-30-29(34-24-16-8-3-9-17-24)26(25)28(31-33)32-20-10-11-21-32/h1-2,4-7,12-15,18-19,24,27H,3,8-11,16-17,20-21H2. The van der Waals surface area contributed by atoms with Gasteiger partial charge in [-0.3, -0.25) is 4.68 Å². The minimum Gasteiger partial charge on any atom is -0.474 e. The lowest BCUT2D eigenvalue weighted by Crippen LogP contribution is -2.21. The largest absolute Gasteiger partial charge is 0.474 e. The molecule has 34 heavy (non-hydrogen) atoms. The van der Waals surface area contributed by atoms with Gasteiger partial charge in [0.05, 0.1) is 5.52 Å². The molecule has 1 saturated carbocycles. The number of pyridine rings is 1. The van der Waals surface area contributed by atoms with Gasteiger partial charge in [-0.1, -0.05) is 67.1 Å². The molecule has 1 aliphatic heterocycles. The van der Waals surface area contributed by atoms with Crippen LogP contribution in [0.3, 0.4) is 0 Å². The van der Waals surface area contributed by atoms with E-state index in [2.05, 4.69) is 76.3 Å². The molecule has 3 heterocycles. The molecular formula is C29H32N4O. The van der Waals surface area contributed by atoms with Crippen LogP contribution in [0.25, 0.3) is 10.9 Å². The molecule has 174 valence electrons. The first-order valence-corrected chi connectivity index (χ1v) is 12.8. The van der Waals surface area contributed by atoms with Gasteiger partial charge in [0, 0.05) is 19.3 Å². The molecule has 0 bridgehead atoms. The molecule has 1 aliphatic carbocycles. The second-order valence-electron chi connectivity index (χ2n) is 9.57. The van der Waals surface area contributed by atoms with Crippen LogP contribution in [0.2, 0.25) is 0 Å². The number of aromatic nitrogens is 3. The first kappa shape index (κ1) is 21.2. The molecule has 5 nitrogen and oxygen atoms in total. The molecule has 2 fully saturated rings. The number of nitrogens with zero attached hydrogens (tertiary/aromatic N) is 4. The van der Waals surface area contributed by atoms with Crippen LogP contribution in [0.15, 0.2) is 72.9 Å². The first-order chi connectivity index (χ1) is 16.9. The van der Waals surface area contributed by atoms with Gasteiger partial charge in [-0.15, -0.1) is 0 Å². The number of ether oxygens (including phenoxy) is 1. The van der Waals surface area contributed by atoms with Gasteiger partial charge in [0.2, 0.25) is 5.88 Å². The molecule has 0 N–H and O–H groups in total. The van der Waals surface area contributed by atoms with Gasteiger partial charge in [0.25, 0.3) is 0 Å². The molecular weight excluding hydrogens is 420 g/mol. The number of hydrogen-bond donors (Lipinski definition) is 0. The predicted molar refractivity (Wildman–Crippen MR) is 137 cm³/mol. The van der Waals surface area contributed by atoms with E-state index in [9.17, 15) is 0 Å². The predicted octanol–water partition coefficient (Wildman–Crippen LogP) is 6.38. The van der Waals surface area contributed by atoms with Crippen molar-refractivity contribution in [1.29, 1.82) is 0 Å². The van der Waals surface area contributed by atoms with Crippen molar-refractivity contribution in [1.82, 2.24) is 14.8 Å². The zero-order valence-electron chi connectivity index (χ0n) is 19.6. The molecule has 1 saturated heterocycles. The van der Waals surface area contributed by atoms with Gasteiger partial charge in [-0.05, 0) is 55.7 Å². The number of fused-ring (bicyclic) bond motifs is 1. The Morgan fingerprint density at radius 2 is 1.41 bits per heavy atom. The summed E-state index contributed by atoms with van der Waals surface area (Å²) in [4.78, 5) is 7.17. The van der Waals surface area contributed by atoms with Crippen LogP contribution in [0.5, 0.6) is 5.88 Å². The molecule has 2 aromatic heterocycles. The van der Waals surface area contributed by atoms with Crippen LogP contribution in [-0.4, -0.2) is 34.0 Å². The van der Waals surface area contributed by atoms with E-state index in [1.807, 2.05) is 6.20 Å². The summed E-state index contributed by atoms with van der Waals surface area (Å²) in [5.74, 6) is 1.76. The summed E-state index contributed by atoms with van der Waals surface area (Å²) in [5, 5.41) is 6.36. The highest BCUT2D eigenvalue weighted by molar-refractivity contribution is 5.95. The summed E-state index contributed by atoms with van der Waals surface area (Å²) in [7, 11) is 0. The van der Waals surface area contributed by atoms with Crippen molar-refractivity contribution < 1.29 is 4.74 Å². The Morgan fingerprint density at radius 1 is 0.765 bits per heavy atom. The van der Waals surface area contributed by atoms with Crippen molar-refractivity contribution in [3.05, 3.63) is 84.1 Å². The maximum absolute atomic E-state index is 6.58. The highest BCUT2D eigenvalue weighted by Gasteiger charge is 2.28. The minimum atomic E-state index is -0.0221. The first-order valence-electron chi connectivity index (χ1n) is 12.8.